The van der Waals surface area contributed by atoms with Gasteiger partial charge in [0, 0.05) is 0 Å². The summed E-state index contributed by atoms with van der Waals surface area (Å²) in [6, 6.07) is 0. The topological polar surface area (TPSA) is 52.6 Å². The second-order valence-corrected chi connectivity index (χ2v) is 3.45. The molecule has 0 N–H and O–H groups in total. The van der Waals surface area contributed by atoms with Crippen molar-refractivity contribution in [3.05, 3.63) is 0 Å². The number of rotatable bonds is 4. The van der Waals surface area contributed by atoms with Crippen molar-refractivity contribution in [2.24, 2.45) is 5.92 Å². The van der Waals surface area contributed by atoms with Gasteiger partial charge in [-0.2, -0.15) is 0 Å². The molecular weight excluding hydrogens is 240 g/mol. The third kappa shape index (κ3) is 3.34. The molecule has 0 amide bonds. The van der Waals surface area contributed by atoms with Crippen LogP contribution in [0.4, 0.5) is 0 Å². The van der Waals surface area contributed by atoms with Crippen molar-refractivity contribution in [2.75, 3.05) is 14.2 Å². The van der Waals surface area contributed by atoms with Crippen LogP contribution >= 0.6 is 15.9 Å². The Labute approximate surface area is 85.7 Å². The second kappa shape index (κ2) is 5.96. The summed E-state index contributed by atoms with van der Waals surface area (Å²) in [6.45, 7) is 1.80. The number of ether oxygens (including phenoxy) is 2. The number of carbonyl (C=O) groups excluding carboxylic acids is 2. The molecule has 0 bridgehead atoms. The Bertz CT molecular complexity index is 193. The maximum absolute atomic E-state index is 11.1. The van der Waals surface area contributed by atoms with Crippen molar-refractivity contribution in [3.63, 3.8) is 0 Å². The third-order valence-electron chi connectivity index (χ3n) is 1.72. The summed E-state index contributed by atoms with van der Waals surface area (Å²) in [5.74, 6) is -1.36. The molecule has 0 saturated carbocycles. The van der Waals surface area contributed by atoms with Crippen LogP contribution in [0.1, 0.15) is 13.3 Å². The van der Waals surface area contributed by atoms with E-state index in [1.54, 1.807) is 6.92 Å². The Hall–Kier alpha value is -0.580. The molecule has 0 aliphatic carbocycles. The molecule has 0 aliphatic rings. The monoisotopic (exact) mass is 252 g/mol. The summed E-state index contributed by atoms with van der Waals surface area (Å²) in [5, 5.41) is 0. The molecule has 2 atom stereocenters. The average molecular weight is 253 g/mol. The van der Waals surface area contributed by atoms with Crippen LogP contribution < -0.4 is 0 Å². The lowest BCUT2D eigenvalue weighted by atomic mass is 10.0. The van der Waals surface area contributed by atoms with Crippen molar-refractivity contribution in [1.82, 2.24) is 0 Å². The van der Waals surface area contributed by atoms with Crippen molar-refractivity contribution < 1.29 is 19.1 Å². The highest BCUT2D eigenvalue weighted by atomic mass is 79.9. The minimum absolute atomic E-state index is 0.408. The zero-order valence-electron chi connectivity index (χ0n) is 7.87. The van der Waals surface area contributed by atoms with Gasteiger partial charge in [0.05, 0.1) is 20.1 Å². The zero-order chi connectivity index (χ0) is 10.4. The molecule has 0 aromatic carbocycles. The molecule has 0 aromatic rings. The van der Waals surface area contributed by atoms with Gasteiger partial charge in [0.25, 0.3) is 0 Å². The van der Waals surface area contributed by atoms with Crippen LogP contribution in [0.3, 0.4) is 0 Å². The van der Waals surface area contributed by atoms with Gasteiger partial charge in [-0.3, -0.25) is 9.59 Å². The fourth-order valence-electron chi connectivity index (χ4n) is 0.921. The number of esters is 2. The van der Waals surface area contributed by atoms with Crippen LogP contribution in [-0.2, 0) is 19.1 Å². The van der Waals surface area contributed by atoms with Gasteiger partial charge in [0.2, 0.25) is 0 Å². The highest BCUT2D eigenvalue weighted by Gasteiger charge is 2.31. The number of hydrogen-bond donors (Lipinski definition) is 0. The van der Waals surface area contributed by atoms with E-state index in [0.29, 0.717) is 6.42 Å². The van der Waals surface area contributed by atoms with E-state index >= 15 is 0 Å². The standard InChI is InChI=1S/C8H13BrO4/c1-4-5(7(10)12-2)6(9)8(11)13-3/h5-6H,4H2,1-3H3. The Kier molecular flexibility index (Phi) is 5.70. The molecule has 2 unspecified atom stereocenters. The molecule has 0 spiro atoms. The summed E-state index contributed by atoms with van der Waals surface area (Å²) in [4.78, 5) is 21.6. The third-order valence-corrected chi connectivity index (χ3v) is 2.74. The summed E-state index contributed by atoms with van der Waals surface area (Å²) in [5.41, 5.74) is 0. The van der Waals surface area contributed by atoms with Crippen molar-refractivity contribution in [1.29, 1.82) is 0 Å². The van der Waals surface area contributed by atoms with E-state index < -0.39 is 22.7 Å². The molecule has 0 heterocycles. The molecule has 0 rings (SSSR count). The molecule has 0 saturated heterocycles. The smallest absolute Gasteiger partial charge is 0.320 e. The van der Waals surface area contributed by atoms with E-state index in [2.05, 4.69) is 25.4 Å². The quantitative estimate of drug-likeness (QED) is 0.556. The predicted octanol–water partition coefficient (Wildman–Crippen LogP) is 1.12. The molecule has 0 aliphatic heterocycles. The van der Waals surface area contributed by atoms with E-state index in [4.69, 9.17) is 0 Å². The van der Waals surface area contributed by atoms with Gasteiger partial charge in [0.1, 0.15) is 4.83 Å². The first-order chi connectivity index (χ1) is 6.08. The zero-order valence-corrected chi connectivity index (χ0v) is 9.46. The van der Waals surface area contributed by atoms with E-state index in [0.717, 1.165) is 0 Å². The van der Waals surface area contributed by atoms with Crippen molar-refractivity contribution in [2.45, 2.75) is 18.2 Å². The Morgan fingerprint density at radius 2 is 1.69 bits per heavy atom. The van der Waals surface area contributed by atoms with Gasteiger partial charge in [-0.25, -0.2) is 0 Å². The lowest BCUT2D eigenvalue weighted by Crippen LogP contribution is -2.31. The molecule has 5 heteroatoms. The maximum Gasteiger partial charge on any atom is 0.320 e. The SMILES string of the molecule is CCC(C(=O)OC)C(Br)C(=O)OC. The van der Waals surface area contributed by atoms with Gasteiger partial charge >= 0.3 is 11.9 Å². The molecule has 76 valence electrons. The first-order valence-corrected chi connectivity index (χ1v) is 4.79. The van der Waals surface area contributed by atoms with Crippen molar-refractivity contribution in [3.8, 4) is 0 Å². The van der Waals surface area contributed by atoms with Gasteiger partial charge in [0.15, 0.2) is 0 Å². The van der Waals surface area contributed by atoms with Crippen LogP contribution in [-0.4, -0.2) is 31.0 Å². The van der Waals surface area contributed by atoms with Gasteiger partial charge < -0.3 is 9.47 Å². The van der Waals surface area contributed by atoms with Crippen LogP contribution in [0.5, 0.6) is 0 Å². The van der Waals surface area contributed by atoms with E-state index in [9.17, 15) is 9.59 Å². The lowest BCUT2D eigenvalue weighted by molar-refractivity contribution is -0.151. The van der Waals surface area contributed by atoms with Gasteiger partial charge in [-0.15, -0.1) is 0 Å². The summed E-state index contributed by atoms with van der Waals surface area (Å²) < 4.78 is 9.04. The van der Waals surface area contributed by atoms with E-state index in [1.807, 2.05) is 0 Å². The number of carbonyl (C=O) groups is 2. The molecule has 0 aromatic heterocycles. The first kappa shape index (κ1) is 12.4. The van der Waals surface area contributed by atoms with Crippen LogP contribution in [0, 0.1) is 5.92 Å². The first-order valence-electron chi connectivity index (χ1n) is 3.88. The fraction of sp³-hybridized carbons (Fsp3) is 0.750. The highest BCUT2D eigenvalue weighted by molar-refractivity contribution is 9.10. The van der Waals surface area contributed by atoms with Crippen LogP contribution in [0.2, 0.25) is 0 Å². The maximum atomic E-state index is 11.1. The summed E-state index contributed by atoms with van der Waals surface area (Å²) in [7, 11) is 2.57. The van der Waals surface area contributed by atoms with E-state index in [1.165, 1.54) is 14.2 Å². The number of alkyl halides is 1. The molecule has 0 fully saturated rings. The average Bonchev–Trinajstić information content (AvgIpc) is 2.17. The molecule has 0 radical (unpaired) electrons. The summed E-state index contributed by atoms with van der Waals surface area (Å²) >= 11 is 3.10. The lowest BCUT2D eigenvalue weighted by Gasteiger charge is -2.16. The van der Waals surface area contributed by atoms with Crippen LogP contribution in [0.25, 0.3) is 0 Å². The molecular formula is C8H13BrO4. The number of methoxy groups -OCH3 is 2. The van der Waals surface area contributed by atoms with Gasteiger partial charge in [-0.05, 0) is 6.42 Å². The number of hydrogen-bond acceptors (Lipinski definition) is 4. The minimum Gasteiger partial charge on any atom is -0.469 e. The predicted molar refractivity (Wildman–Crippen MR) is 50.5 cm³/mol. The summed E-state index contributed by atoms with van der Waals surface area (Å²) in [6.07, 6.45) is 0.525. The Morgan fingerprint density at radius 3 is 2.00 bits per heavy atom. The normalized spacial score (nSPS) is 14.5. The number of halogens is 1. The highest BCUT2D eigenvalue weighted by Crippen LogP contribution is 2.19. The van der Waals surface area contributed by atoms with Crippen molar-refractivity contribution >= 4 is 27.9 Å². The molecule has 13 heavy (non-hydrogen) atoms. The Balaban J connectivity index is 4.39. The van der Waals surface area contributed by atoms with E-state index in [-0.39, 0.29) is 0 Å². The minimum atomic E-state index is -0.630. The Morgan fingerprint density at radius 1 is 1.23 bits per heavy atom. The fourth-order valence-corrected chi connectivity index (χ4v) is 1.70. The molecule has 4 nitrogen and oxygen atoms in total. The van der Waals surface area contributed by atoms with Crippen LogP contribution in [0.15, 0.2) is 0 Å². The van der Waals surface area contributed by atoms with Gasteiger partial charge in [-0.1, -0.05) is 22.9 Å². The second-order valence-electron chi connectivity index (χ2n) is 2.46. The largest absolute Gasteiger partial charge is 0.469 e.